The van der Waals surface area contributed by atoms with Gasteiger partial charge in [-0.25, -0.2) is 4.39 Å². The highest BCUT2D eigenvalue weighted by Crippen LogP contribution is 2.18. The molecule has 1 N–H and O–H groups in total. The third-order valence-electron chi connectivity index (χ3n) is 2.14. The Bertz CT molecular complexity index is 514. The minimum absolute atomic E-state index is 0.330. The maximum atomic E-state index is 12.9. The zero-order valence-corrected chi connectivity index (χ0v) is 9.22. The van der Waals surface area contributed by atoms with Gasteiger partial charge in [0.15, 0.2) is 0 Å². The highest BCUT2D eigenvalue weighted by molar-refractivity contribution is 7.09. The Hall–Kier alpha value is -1.86. The summed E-state index contributed by atoms with van der Waals surface area (Å²) in [7, 11) is 0. The average molecular weight is 232 g/mol. The molecule has 0 bridgehead atoms. The van der Waals surface area contributed by atoms with E-state index in [2.05, 4.69) is 5.32 Å². The molecule has 1 aromatic heterocycles. The Morgan fingerprint density at radius 1 is 1.38 bits per heavy atom. The van der Waals surface area contributed by atoms with Gasteiger partial charge in [0.25, 0.3) is 0 Å². The van der Waals surface area contributed by atoms with Crippen molar-refractivity contribution in [2.24, 2.45) is 0 Å². The van der Waals surface area contributed by atoms with Gasteiger partial charge >= 0.3 is 0 Å². The number of nitrogens with one attached hydrogen (secondary N) is 1. The number of hydrogen-bond donors (Lipinski definition) is 1. The van der Waals surface area contributed by atoms with Crippen LogP contribution >= 0.6 is 11.3 Å². The molecule has 2 nitrogen and oxygen atoms in total. The van der Waals surface area contributed by atoms with Crippen LogP contribution in [0.25, 0.3) is 0 Å². The van der Waals surface area contributed by atoms with Crippen molar-refractivity contribution in [1.29, 1.82) is 5.26 Å². The zero-order valence-electron chi connectivity index (χ0n) is 8.40. The van der Waals surface area contributed by atoms with Crippen LogP contribution in [0.15, 0.2) is 35.7 Å². The molecule has 0 aliphatic rings. The van der Waals surface area contributed by atoms with Gasteiger partial charge in [-0.3, -0.25) is 0 Å². The molecule has 0 amide bonds. The van der Waals surface area contributed by atoms with E-state index in [0.717, 1.165) is 0 Å². The van der Waals surface area contributed by atoms with E-state index in [4.69, 9.17) is 5.26 Å². The van der Waals surface area contributed by atoms with E-state index in [0.29, 0.717) is 17.8 Å². The van der Waals surface area contributed by atoms with Crippen molar-refractivity contribution in [1.82, 2.24) is 0 Å². The largest absolute Gasteiger partial charge is 0.379 e. The summed E-state index contributed by atoms with van der Waals surface area (Å²) in [6.45, 7) is 0.651. The van der Waals surface area contributed by atoms with Crippen molar-refractivity contribution in [3.8, 4) is 6.07 Å². The molecule has 0 aliphatic heterocycles. The summed E-state index contributed by atoms with van der Waals surface area (Å²) in [6, 6.07) is 10.1. The third kappa shape index (κ3) is 2.38. The summed E-state index contributed by atoms with van der Waals surface area (Å²) in [5, 5.41) is 14.0. The van der Waals surface area contributed by atoms with E-state index in [1.165, 1.54) is 17.0 Å². The third-order valence-corrected chi connectivity index (χ3v) is 3.01. The summed E-state index contributed by atoms with van der Waals surface area (Å²) < 4.78 is 12.9. The first kappa shape index (κ1) is 10.7. The van der Waals surface area contributed by atoms with Crippen LogP contribution in [0.2, 0.25) is 0 Å². The summed E-state index contributed by atoms with van der Waals surface area (Å²) in [4.78, 5) is 1.17. The Labute approximate surface area is 97.0 Å². The lowest BCUT2D eigenvalue weighted by molar-refractivity contribution is 0.627. The lowest BCUT2D eigenvalue weighted by atomic mass is 10.2. The minimum Gasteiger partial charge on any atom is -0.379 e. The maximum Gasteiger partial charge on any atom is 0.124 e. The first-order chi connectivity index (χ1) is 7.79. The van der Waals surface area contributed by atoms with Gasteiger partial charge in [-0.1, -0.05) is 6.07 Å². The molecule has 4 heteroatoms. The fourth-order valence-corrected chi connectivity index (χ4v) is 2.00. The molecule has 0 unspecified atom stereocenters. The van der Waals surface area contributed by atoms with Gasteiger partial charge in [0.1, 0.15) is 11.9 Å². The molecule has 2 aromatic rings. The zero-order chi connectivity index (χ0) is 11.4. The number of thiophene rings is 1. The van der Waals surface area contributed by atoms with Crippen LogP contribution in [-0.4, -0.2) is 0 Å². The number of benzene rings is 1. The normalized spacial score (nSPS) is 9.75. The molecule has 0 spiro atoms. The van der Waals surface area contributed by atoms with E-state index in [9.17, 15) is 4.39 Å². The summed E-state index contributed by atoms with van der Waals surface area (Å²) >= 11 is 1.64. The number of rotatable bonds is 3. The number of anilines is 1. The first-order valence-electron chi connectivity index (χ1n) is 4.75. The molecule has 0 atom stereocenters. The molecule has 80 valence electrons. The van der Waals surface area contributed by atoms with Crippen molar-refractivity contribution in [3.63, 3.8) is 0 Å². The highest BCUT2D eigenvalue weighted by Gasteiger charge is 2.03. The van der Waals surface area contributed by atoms with Gasteiger partial charge in [0.2, 0.25) is 0 Å². The van der Waals surface area contributed by atoms with Crippen LogP contribution in [0.3, 0.4) is 0 Å². The quantitative estimate of drug-likeness (QED) is 0.880. The topological polar surface area (TPSA) is 35.8 Å². The van der Waals surface area contributed by atoms with Crippen molar-refractivity contribution in [3.05, 3.63) is 52.0 Å². The van der Waals surface area contributed by atoms with Gasteiger partial charge < -0.3 is 5.32 Å². The van der Waals surface area contributed by atoms with E-state index in [1.807, 2.05) is 23.6 Å². The van der Waals surface area contributed by atoms with Crippen LogP contribution in [0, 0.1) is 17.1 Å². The van der Waals surface area contributed by atoms with Gasteiger partial charge in [-0.2, -0.15) is 5.26 Å². The summed E-state index contributed by atoms with van der Waals surface area (Å²) in [5.74, 6) is -0.391. The second kappa shape index (κ2) is 4.77. The molecule has 2 rings (SSSR count). The second-order valence-electron chi connectivity index (χ2n) is 3.23. The van der Waals surface area contributed by atoms with Crippen LogP contribution in [0.5, 0.6) is 0 Å². The second-order valence-corrected chi connectivity index (χ2v) is 4.27. The van der Waals surface area contributed by atoms with Crippen molar-refractivity contribution in [2.45, 2.75) is 6.54 Å². The molecule has 1 aromatic carbocycles. The fourth-order valence-electron chi connectivity index (χ4n) is 1.36. The van der Waals surface area contributed by atoms with E-state index < -0.39 is 5.82 Å². The standard InChI is InChI=1S/C12H9FN2S/c13-10-3-4-12(9(6-10)7-14)15-8-11-2-1-5-16-11/h1-6,15H,8H2. The first-order valence-corrected chi connectivity index (χ1v) is 5.63. The molecule has 0 saturated carbocycles. The predicted molar refractivity (Wildman–Crippen MR) is 62.8 cm³/mol. The Balaban J connectivity index is 2.13. The lowest BCUT2D eigenvalue weighted by Gasteiger charge is -2.06. The highest BCUT2D eigenvalue weighted by atomic mass is 32.1. The molecule has 0 aliphatic carbocycles. The SMILES string of the molecule is N#Cc1cc(F)ccc1NCc1cccs1. The number of hydrogen-bond acceptors (Lipinski definition) is 3. The van der Waals surface area contributed by atoms with Gasteiger partial charge in [-0.05, 0) is 29.6 Å². The van der Waals surface area contributed by atoms with E-state index >= 15 is 0 Å². The molecule has 0 radical (unpaired) electrons. The maximum absolute atomic E-state index is 12.9. The van der Waals surface area contributed by atoms with Crippen molar-refractivity contribution in [2.75, 3.05) is 5.32 Å². The Kier molecular flexibility index (Phi) is 3.18. The molecule has 0 fully saturated rings. The monoisotopic (exact) mass is 232 g/mol. The van der Waals surface area contributed by atoms with E-state index in [-0.39, 0.29) is 0 Å². The Morgan fingerprint density at radius 2 is 2.25 bits per heavy atom. The summed E-state index contributed by atoms with van der Waals surface area (Å²) in [6.07, 6.45) is 0. The van der Waals surface area contributed by atoms with Crippen molar-refractivity contribution < 1.29 is 4.39 Å². The van der Waals surface area contributed by atoms with Crippen LogP contribution in [-0.2, 0) is 6.54 Å². The van der Waals surface area contributed by atoms with Gasteiger partial charge in [-0.15, -0.1) is 11.3 Å². The van der Waals surface area contributed by atoms with Crippen LogP contribution in [0.4, 0.5) is 10.1 Å². The average Bonchev–Trinajstić information content (AvgIpc) is 2.80. The van der Waals surface area contributed by atoms with Gasteiger partial charge in [0, 0.05) is 11.4 Å². The number of halogens is 1. The van der Waals surface area contributed by atoms with Crippen molar-refractivity contribution >= 4 is 17.0 Å². The molecule has 0 saturated heterocycles. The fraction of sp³-hybridized carbons (Fsp3) is 0.0833. The number of nitrogens with zero attached hydrogens (tertiary/aromatic N) is 1. The van der Waals surface area contributed by atoms with E-state index in [1.54, 1.807) is 17.4 Å². The van der Waals surface area contributed by atoms with Gasteiger partial charge in [0.05, 0.1) is 11.3 Å². The minimum atomic E-state index is -0.391. The lowest BCUT2D eigenvalue weighted by Crippen LogP contribution is -1.99. The summed E-state index contributed by atoms with van der Waals surface area (Å²) in [5.41, 5.74) is 0.994. The predicted octanol–water partition coefficient (Wildman–Crippen LogP) is 3.37. The molecular weight excluding hydrogens is 223 g/mol. The molecule has 16 heavy (non-hydrogen) atoms. The van der Waals surface area contributed by atoms with Crippen LogP contribution < -0.4 is 5.32 Å². The van der Waals surface area contributed by atoms with Crippen LogP contribution in [0.1, 0.15) is 10.4 Å². The number of nitriles is 1. The molecular formula is C12H9FN2S. The Morgan fingerprint density at radius 3 is 2.94 bits per heavy atom. The smallest absolute Gasteiger partial charge is 0.124 e. The molecule has 1 heterocycles.